The molecule has 0 aromatic heterocycles. The molecule has 2 aromatic rings. The molecule has 1 aliphatic rings. The molecule has 1 heteroatoms. The minimum Gasteiger partial charge on any atom is -0.303 e. The third kappa shape index (κ3) is 3.10. The number of benzene rings is 2. The molecule has 0 aliphatic heterocycles. The van der Waals surface area contributed by atoms with E-state index in [1.807, 2.05) is 0 Å². The van der Waals surface area contributed by atoms with Gasteiger partial charge in [-0.1, -0.05) is 69.3 Å². The van der Waals surface area contributed by atoms with Crippen molar-refractivity contribution in [2.75, 3.05) is 0 Å². The Balaban J connectivity index is 1.77. The standard InChI is InChI=1S/C21H27N/c1-15(16-8-6-5-7-9-16)22-20-13-10-17-14-18(21(2,3)4)11-12-19(17)20/h5-9,11-12,14-15,20,22H,10,13H2,1-4H3/t15?,20-/m1/s1. The van der Waals surface area contributed by atoms with Crippen molar-refractivity contribution in [2.24, 2.45) is 0 Å². The lowest BCUT2D eigenvalue weighted by Gasteiger charge is -2.23. The fourth-order valence-corrected chi connectivity index (χ4v) is 3.40. The highest BCUT2D eigenvalue weighted by atomic mass is 14.9. The van der Waals surface area contributed by atoms with Gasteiger partial charge in [-0.25, -0.2) is 0 Å². The van der Waals surface area contributed by atoms with Gasteiger partial charge in [-0.15, -0.1) is 0 Å². The molecule has 1 N–H and O–H groups in total. The summed E-state index contributed by atoms with van der Waals surface area (Å²) >= 11 is 0. The number of hydrogen-bond donors (Lipinski definition) is 1. The van der Waals surface area contributed by atoms with Crippen LogP contribution in [0.5, 0.6) is 0 Å². The topological polar surface area (TPSA) is 12.0 Å². The maximum Gasteiger partial charge on any atom is 0.0331 e. The molecule has 0 fully saturated rings. The van der Waals surface area contributed by atoms with Crippen molar-refractivity contribution in [1.82, 2.24) is 5.32 Å². The highest BCUT2D eigenvalue weighted by molar-refractivity contribution is 5.40. The fraction of sp³-hybridized carbons (Fsp3) is 0.429. The minimum atomic E-state index is 0.234. The molecule has 0 saturated heterocycles. The summed E-state index contributed by atoms with van der Waals surface area (Å²) < 4.78 is 0. The first-order valence-electron chi connectivity index (χ1n) is 8.39. The first-order valence-corrected chi connectivity index (χ1v) is 8.39. The van der Waals surface area contributed by atoms with Gasteiger partial charge in [0.25, 0.3) is 0 Å². The van der Waals surface area contributed by atoms with Gasteiger partial charge in [-0.2, -0.15) is 0 Å². The molecule has 2 atom stereocenters. The molecule has 1 unspecified atom stereocenters. The monoisotopic (exact) mass is 293 g/mol. The summed E-state index contributed by atoms with van der Waals surface area (Å²) in [5.41, 5.74) is 6.07. The van der Waals surface area contributed by atoms with E-state index in [9.17, 15) is 0 Å². The van der Waals surface area contributed by atoms with Crippen LogP contribution in [0.2, 0.25) is 0 Å². The third-order valence-electron chi connectivity index (χ3n) is 4.84. The molecule has 0 bridgehead atoms. The van der Waals surface area contributed by atoms with Gasteiger partial charge in [0.2, 0.25) is 0 Å². The van der Waals surface area contributed by atoms with E-state index in [1.165, 1.54) is 35.1 Å². The predicted octanol–water partition coefficient (Wildman–Crippen LogP) is 5.32. The van der Waals surface area contributed by atoms with Crippen molar-refractivity contribution in [3.05, 3.63) is 70.8 Å². The average Bonchev–Trinajstić information content (AvgIpc) is 2.89. The van der Waals surface area contributed by atoms with Crippen molar-refractivity contribution in [3.63, 3.8) is 0 Å². The molecule has 1 aliphatic carbocycles. The molecule has 116 valence electrons. The zero-order valence-electron chi connectivity index (χ0n) is 14.2. The van der Waals surface area contributed by atoms with Gasteiger partial charge in [-0.3, -0.25) is 0 Å². The number of aryl methyl sites for hydroxylation is 1. The van der Waals surface area contributed by atoms with E-state index >= 15 is 0 Å². The van der Waals surface area contributed by atoms with Gasteiger partial charge in [0, 0.05) is 12.1 Å². The Morgan fingerprint density at radius 3 is 2.45 bits per heavy atom. The lowest BCUT2D eigenvalue weighted by Crippen LogP contribution is -2.23. The summed E-state index contributed by atoms with van der Waals surface area (Å²) in [5, 5.41) is 3.81. The van der Waals surface area contributed by atoms with Crippen LogP contribution in [0.4, 0.5) is 0 Å². The first-order chi connectivity index (χ1) is 10.4. The van der Waals surface area contributed by atoms with Crippen molar-refractivity contribution in [3.8, 4) is 0 Å². The molecule has 22 heavy (non-hydrogen) atoms. The van der Waals surface area contributed by atoms with E-state index in [1.54, 1.807) is 0 Å². The van der Waals surface area contributed by atoms with Crippen LogP contribution >= 0.6 is 0 Å². The zero-order chi connectivity index (χ0) is 15.7. The Bertz CT molecular complexity index is 637. The minimum absolute atomic E-state index is 0.234. The number of rotatable bonds is 3. The fourth-order valence-electron chi connectivity index (χ4n) is 3.40. The molecule has 0 heterocycles. The van der Waals surface area contributed by atoms with E-state index < -0.39 is 0 Å². The number of hydrogen-bond acceptors (Lipinski definition) is 1. The normalized spacial score (nSPS) is 19.0. The Morgan fingerprint density at radius 2 is 1.77 bits per heavy atom. The Hall–Kier alpha value is -1.60. The summed E-state index contributed by atoms with van der Waals surface area (Å²) in [5.74, 6) is 0. The van der Waals surface area contributed by atoms with Gasteiger partial charge in [0.05, 0.1) is 0 Å². The number of nitrogens with one attached hydrogen (secondary N) is 1. The van der Waals surface area contributed by atoms with Crippen LogP contribution in [0.1, 0.15) is 68.5 Å². The van der Waals surface area contributed by atoms with Crippen LogP contribution in [0.3, 0.4) is 0 Å². The van der Waals surface area contributed by atoms with Gasteiger partial charge in [0.1, 0.15) is 0 Å². The molecule has 3 rings (SSSR count). The van der Waals surface area contributed by atoms with Crippen molar-refractivity contribution in [2.45, 2.75) is 58.0 Å². The van der Waals surface area contributed by atoms with Crippen LogP contribution in [-0.4, -0.2) is 0 Å². The molecule has 0 spiro atoms. The second-order valence-corrected chi connectivity index (χ2v) is 7.55. The Labute approximate surface area is 134 Å². The second kappa shape index (κ2) is 5.89. The van der Waals surface area contributed by atoms with Gasteiger partial charge in [-0.05, 0) is 47.4 Å². The molecule has 2 aromatic carbocycles. The molecule has 1 nitrogen and oxygen atoms in total. The quantitative estimate of drug-likeness (QED) is 0.807. The molecular weight excluding hydrogens is 266 g/mol. The zero-order valence-corrected chi connectivity index (χ0v) is 14.2. The average molecular weight is 293 g/mol. The van der Waals surface area contributed by atoms with Crippen LogP contribution in [-0.2, 0) is 11.8 Å². The second-order valence-electron chi connectivity index (χ2n) is 7.55. The molecule has 0 saturated carbocycles. The summed E-state index contributed by atoms with van der Waals surface area (Å²) in [6.45, 7) is 9.13. The molecular formula is C21H27N. The van der Waals surface area contributed by atoms with Gasteiger partial charge >= 0.3 is 0 Å². The van der Waals surface area contributed by atoms with E-state index in [0.717, 1.165) is 0 Å². The van der Waals surface area contributed by atoms with Crippen molar-refractivity contribution < 1.29 is 0 Å². The SMILES string of the molecule is CC(N[C@@H]1CCc2cc(C(C)(C)C)ccc21)c1ccccc1. The highest BCUT2D eigenvalue weighted by Crippen LogP contribution is 2.35. The third-order valence-corrected chi connectivity index (χ3v) is 4.84. The summed E-state index contributed by atoms with van der Waals surface area (Å²) in [6.07, 6.45) is 2.40. The predicted molar refractivity (Wildman–Crippen MR) is 94.2 cm³/mol. The van der Waals surface area contributed by atoms with Crippen molar-refractivity contribution >= 4 is 0 Å². The lowest BCUT2D eigenvalue weighted by molar-refractivity contribution is 0.465. The van der Waals surface area contributed by atoms with Gasteiger partial charge < -0.3 is 5.32 Å². The van der Waals surface area contributed by atoms with Crippen LogP contribution in [0.25, 0.3) is 0 Å². The Morgan fingerprint density at radius 1 is 1.05 bits per heavy atom. The van der Waals surface area contributed by atoms with Crippen LogP contribution < -0.4 is 5.32 Å². The Kier molecular flexibility index (Phi) is 4.10. The van der Waals surface area contributed by atoms with Crippen molar-refractivity contribution in [1.29, 1.82) is 0 Å². The first kappa shape index (κ1) is 15.3. The van der Waals surface area contributed by atoms with Crippen LogP contribution in [0.15, 0.2) is 48.5 Å². The van der Waals surface area contributed by atoms with E-state index in [-0.39, 0.29) is 5.41 Å². The summed E-state index contributed by atoms with van der Waals surface area (Å²) in [7, 11) is 0. The highest BCUT2D eigenvalue weighted by Gasteiger charge is 2.25. The summed E-state index contributed by atoms with van der Waals surface area (Å²) in [4.78, 5) is 0. The van der Waals surface area contributed by atoms with E-state index in [2.05, 4.69) is 81.5 Å². The van der Waals surface area contributed by atoms with E-state index in [4.69, 9.17) is 0 Å². The molecule has 0 radical (unpaired) electrons. The van der Waals surface area contributed by atoms with Crippen LogP contribution in [0, 0.1) is 0 Å². The van der Waals surface area contributed by atoms with E-state index in [0.29, 0.717) is 12.1 Å². The number of fused-ring (bicyclic) bond motifs is 1. The summed E-state index contributed by atoms with van der Waals surface area (Å²) in [6, 6.07) is 18.7. The maximum absolute atomic E-state index is 3.81. The lowest BCUT2D eigenvalue weighted by atomic mass is 9.85. The smallest absolute Gasteiger partial charge is 0.0331 e. The molecule has 0 amide bonds. The van der Waals surface area contributed by atoms with Gasteiger partial charge in [0.15, 0.2) is 0 Å². The largest absolute Gasteiger partial charge is 0.303 e. The maximum atomic E-state index is 3.81.